The van der Waals surface area contributed by atoms with E-state index in [-0.39, 0.29) is 38.4 Å². The Balaban J connectivity index is 2.18. The van der Waals surface area contributed by atoms with Gasteiger partial charge in [-0.25, -0.2) is 4.79 Å². The van der Waals surface area contributed by atoms with Crippen LogP contribution in [0.5, 0.6) is 5.75 Å². The summed E-state index contributed by atoms with van der Waals surface area (Å²) in [7, 11) is 0. The molecule has 2 rings (SSSR count). The molecular weight excluding hydrogens is 540 g/mol. The van der Waals surface area contributed by atoms with Crippen LogP contribution >= 0.6 is 0 Å². The molecule has 2 aromatic rings. The molecule has 0 aliphatic carbocycles. The molecule has 11 nitrogen and oxygen atoms in total. The second kappa shape index (κ2) is 17.9. The van der Waals surface area contributed by atoms with Gasteiger partial charge in [0.05, 0.1) is 6.61 Å². The van der Waals surface area contributed by atoms with Gasteiger partial charge in [0, 0.05) is 25.0 Å². The molecule has 0 aromatic heterocycles. The molecule has 5 N–H and O–H groups in total. The lowest BCUT2D eigenvalue weighted by molar-refractivity contribution is -0.137. The van der Waals surface area contributed by atoms with Crippen LogP contribution in [0.3, 0.4) is 0 Å². The smallest absolute Gasteiger partial charge is 0.330 e. The molecule has 0 aliphatic heterocycles. The first-order valence-corrected chi connectivity index (χ1v) is 13.8. The Morgan fingerprint density at radius 2 is 1.52 bits per heavy atom. The normalized spacial score (nSPS) is 13.0. The van der Waals surface area contributed by atoms with Crippen LogP contribution in [-0.2, 0) is 35.1 Å². The highest BCUT2D eigenvalue weighted by molar-refractivity contribution is 5.93. The third-order valence-corrected chi connectivity index (χ3v) is 6.07. The quantitative estimate of drug-likeness (QED) is 0.164. The highest BCUT2D eigenvalue weighted by Crippen LogP contribution is 2.10. The summed E-state index contributed by atoms with van der Waals surface area (Å²) < 4.78 is 10.4. The highest BCUT2D eigenvalue weighted by Gasteiger charge is 2.30. The van der Waals surface area contributed by atoms with E-state index in [1.165, 1.54) is 12.2 Å². The molecule has 0 radical (unpaired) electrons. The average molecular weight is 581 g/mol. The molecule has 0 bridgehead atoms. The van der Waals surface area contributed by atoms with Gasteiger partial charge < -0.3 is 31.2 Å². The first-order chi connectivity index (χ1) is 20.1. The summed E-state index contributed by atoms with van der Waals surface area (Å²) in [5.41, 5.74) is 6.08. The van der Waals surface area contributed by atoms with Crippen LogP contribution in [0.15, 0.2) is 72.8 Å². The molecule has 11 heteroatoms. The minimum Gasteiger partial charge on any atom is -0.484 e. The third-order valence-electron chi connectivity index (χ3n) is 6.07. The number of amides is 4. The molecule has 2 aromatic carbocycles. The lowest BCUT2D eigenvalue weighted by atomic mass is 10.0. The highest BCUT2D eigenvalue weighted by atomic mass is 16.5. The number of ether oxygens (including phenoxy) is 2. The standard InChI is InChI=1S/C31H40N4O7/c1-4-41-28(38)18-16-23(15-17-26(32)36)33-30(39)25(19-22-11-7-5-8-12-22)34-31(40)29(21(2)3)35-27(37)20-42-24-13-9-6-10-14-24/h5-14,16,18,21,23,25,29H,4,15,17,19-20H2,1-3H3,(H2,32,36)(H,33,39)(H,34,40)(H,35,37)/b18-16+/t23-,25-,29-/m0/s1. The van der Waals surface area contributed by atoms with Gasteiger partial charge in [-0.05, 0) is 37.0 Å². The number of nitrogens with one attached hydrogen (secondary N) is 3. The van der Waals surface area contributed by atoms with Gasteiger partial charge in [-0.3, -0.25) is 19.2 Å². The van der Waals surface area contributed by atoms with Gasteiger partial charge in [-0.2, -0.15) is 0 Å². The number of esters is 1. The number of hydrogen-bond acceptors (Lipinski definition) is 7. The van der Waals surface area contributed by atoms with Crippen molar-refractivity contribution >= 4 is 29.6 Å². The molecule has 42 heavy (non-hydrogen) atoms. The summed E-state index contributed by atoms with van der Waals surface area (Å²) in [6, 6.07) is 15.2. The second-order valence-electron chi connectivity index (χ2n) is 9.87. The Kier molecular flexibility index (Phi) is 14.3. The molecule has 0 unspecified atom stereocenters. The first-order valence-electron chi connectivity index (χ1n) is 13.8. The SMILES string of the molecule is CCOC(=O)/C=C/[C@H](CCC(N)=O)NC(=O)[C@H](Cc1ccccc1)NC(=O)[C@@H](NC(=O)COc1ccccc1)C(C)C. The van der Waals surface area contributed by atoms with Crippen LogP contribution in [0.1, 0.15) is 39.2 Å². The maximum Gasteiger partial charge on any atom is 0.330 e. The van der Waals surface area contributed by atoms with Gasteiger partial charge in [0.15, 0.2) is 6.61 Å². The van der Waals surface area contributed by atoms with Crippen LogP contribution in [0.4, 0.5) is 0 Å². The Morgan fingerprint density at radius 3 is 2.12 bits per heavy atom. The fourth-order valence-corrected chi connectivity index (χ4v) is 3.92. The summed E-state index contributed by atoms with van der Waals surface area (Å²) in [4.78, 5) is 62.7. The summed E-state index contributed by atoms with van der Waals surface area (Å²) in [6.45, 7) is 5.10. The predicted molar refractivity (Wildman–Crippen MR) is 157 cm³/mol. The molecule has 3 atom stereocenters. The third kappa shape index (κ3) is 12.7. The van der Waals surface area contributed by atoms with E-state index in [1.807, 2.05) is 36.4 Å². The minimum atomic E-state index is -1.04. The van der Waals surface area contributed by atoms with E-state index in [4.69, 9.17) is 15.2 Å². The summed E-state index contributed by atoms with van der Waals surface area (Å²) in [5.74, 6) is -2.55. The van der Waals surface area contributed by atoms with E-state index in [1.54, 1.807) is 45.0 Å². The number of hydrogen-bond donors (Lipinski definition) is 4. The molecule has 4 amide bonds. The van der Waals surface area contributed by atoms with Gasteiger partial charge in [-0.1, -0.05) is 68.5 Å². The van der Waals surface area contributed by atoms with Crippen molar-refractivity contribution in [3.8, 4) is 5.75 Å². The summed E-state index contributed by atoms with van der Waals surface area (Å²) >= 11 is 0. The van der Waals surface area contributed by atoms with Gasteiger partial charge in [0.1, 0.15) is 17.8 Å². The molecule has 0 aliphatic rings. The fourth-order valence-electron chi connectivity index (χ4n) is 3.92. The van der Waals surface area contributed by atoms with E-state index in [9.17, 15) is 24.0 Å². The lowest BCUT2D eigenvalue weighted by Crippen LogP contribution is -2.57. The second-order valence-corrected chi connectivity index (χ2v) is 9.87. The Hall–Kier alpha value is -4.67. The predicted octanol–water partition coefficient (Wildman–Crippen LogP) is 1.80. The largest absolute Gasteiger partial charge is 0.484 e. The van der Waals surface area contributed by atoms with Gasteiger partial charge in [-0.15, -0.1) is 0 Å². The molecule has 0 saturated carbocycles. The monoisotopic (exact) mass is 580 g/mol. The van der Waals surface area contributed by atoms with E-state index in [0.717, 1.165) is 5.56 Å². The van der Waals surface area contributed by atoms with Crippen LogP contribution in [0.25, 0.3) is 0 Å². The van der Waals surface area contributed by atoms with Crippen molar-refractivity contribution in [1.29, 1.82) is 0 Å². The van der Waals surface area contributed by atoms with E-state index >= 15 is 0 Å². The van der Waals surface area contributed by atoms with Crippen molar-refractivity contribution in [3.05, 3.63) is 78.4 Å². The average Bonchev–Trinajstić information content (AvgIpc) is 2.96. The van der Waals surface area contributed by atoms with Gasteiger partial charge >= 0.3 is 5.97 Å². The Morgan fingerprint density at radius 1 is 0.881 bits per heavy atom. The Bertz CT molecular complexity index is 1200. The van der Waals surface area contributed by atoms with E-state index in [2.05, 4.69) is 16.0 Å². The van der Waals surface area contributed by atoms with Gasteiger partial charge in [0.25, 0.3) is 5.91 Å². The maximum absolute atomic E-state index is 13.5. The van der Waals surface area contributed by atoms with Crippen molar-refractivity contribution < 1.29 is 33.4 Å². The number of carbonyl (C=O) groups is 5. The number of primary amides is 1. The van der Waals surface area contributed by atoms with Crippen molar-refractivity contribution in [2.24, 2.45) is 11.7 Å². The zero-order valence-corrected chi connectivity index (χ0v) is 24.2. The number of rotatable bonds is 17. The molecule has 226 valence electrons. The molecular formula is C31H40N4O7. The molecule has 0 spiro atoms. The molecule has 0 saturated heterocycles. The van der Waals surface area contributed by atoms with Crippen LogP contribution in [0, 0.1) is 5.92 Å². The van der Waals surface area contributed by atoms with Crippen LogP contribution in [0.2, 0.25) is 0 Å². The summed E-state index contributed by atoms with van der Waals surface area (Å²) in [5, 5.41) is 8.24. The van der Waals surface area contributed by atoms with E-state index < -0.39 is 47.7 Å². The van der Waals surface area contributed by atoms with Crippen molar-refractivity contribution in [2.45, 2.75) is 58.2 Å². The zero-order chi connectivity index (χ0) is 30.9. The molecule has 0 heterocycles. The first kappa shape index (κ1) is 33.5. The summed E-state index contributed by atoms with van der Waals surface area (Å²) in [6.07, 6.45) is 2.83. The fraction of sp³-hybridized carbons (Fsp3) is 0.387. The van der Waals surface area contributed by atoms with E-state index in [0.29, 0.717) is 5.75 Å². The van der Waals surface area contributed by atoms with Crippen LogP contribution in [-0.4, -0.2) is 60.9 Å². The van der Waals surface area contributed by atoms with Gasteiger partial charge in [0.2, 0.25) is 17.7 Å². The Labute approximate surface area is 246 Å². The van der Waals surface area contributed by atoms with Crippen molar-refractivity contribution in [1.82, 2.24) is 16.0 Å². The number of benzene rings is 2. The minimum absolute atomic E-state index is 0.0413. The number of para-hydroxylation sites is 1. The van der Waals surface area contributed by atoms with Crippen molar-refractivity contribution in [2.75, 3.05) is 13.2 Å². The lowest BCUT2D eigenvalue weighted by Gasteiger charge is -2.26. The van der Waals surface area contributed by atoms with Crippen molar-refractivity contribution in [3.63, 3.8) is 0 Å². The maximum atomic E-state index is 13.5. The molecule has 0 fully saturated rings. The van der Waals surface area contributed by atoms with Crippen LogP contribution < -0.4 is 26.4 Å². The number of nitrogens with two attached hydrogens (primary N) is 1. The zero-order valence-electron chi connectivity index (χ0n) is 24.2. The number of carbonyl (C=O) groups excluding carboxylic acids is 5. The topological polar surface area (TPSA) is 166 Å².